The van der Waals surface area contributed by atoms with E-state index in [-0.39, 0.29) is 6.04 Å². The van der Waals surface area contributed by atoms with Crippen LogP contribution >= 0.6 is 15.9 Å². The van der Waals surface area contributed by atoms with Gasteiger partial charge in [-0.2, -0.15) is 5.10 Å². The fourth-order valence-corrected chi connectivity index (χ4v) is 2.30. The second-order valence-corrected chi connectivity index (χ2v) is 5.08. The molecule has 1 N–H and O–H groups in total. The third-order valence-corrected chi connectivity index (χ3v) is 3.26. The zero-order chi connectivity index (χ0) is 12.4. The van der Waals surface area contributed by atoms with Crippen molar-refractivity contribution in [2.24, 2.45) is 0 Å². The van der Waals surface area contributed by atoms with Crippen molar-refractivity contribution in [3.63, 3.8) is 0 Å². The molecule has 1 heterocycles. The third kappa shape index (κ3) is 2.42. The number of nitrogens with zero attached hydrogens (tertiary/aromatic N) is 2. The van der Waals surface area contributed by atoms with Crippen molar-refractivity contribution < 1.29 is 5.11 Å². The largest absolute Gasteiger partial charge is 0.382 e. The lowest BCUT2D eigenvalue weighted by atomic mass is 10.1. The number of halogens is 1. The number of aliphatic hydroxyl groups is 1. The number of aliphatic hydroxyl groups excluding tert-OH is 1. The van der Waals surface area contributed by atoms with Gasteiger partial charge in [0.25, 0.3) is 0 Å². The topological polar surface area (TPSA) is 38.0 Å². The number of benzene rings is 1. The Labute approximate surface area is 109 Å². The second-order valence-electron chi connectivity index (χ2n) is 4.23. The van der Waals surface area contributed by atoms with Gasteiger partial charge in [-0.25, -0.2) is 0 Å². The third-order valence-electron chi connectivity index (χ3n) is 2.65. The molecule has 17 heavy (non-hydrogen) atoms. The van der Waals surface area contributed by atoms with E-state index in [4.69, 9.17) is 0 Å². The van der Waals surface area contributed by atoms with E-state index in [1.165, 1.54) is 0 Å². The first-order valence-electron chi connectivity index (χ1n) is 5.57. The van der Waals surface area contributed by atoms with Crippen molar-refractivity contribution in [1.82, 2.24) is 9.78 Å². The summed E-state index contributed by atoms with van der Waals surface area (Å²) in [5.41, 5.74) is 1.67. The summed E-state index contributed by atoms with van der Waals surface area (Å²) in [6, 6.07) is 9.81. The Bertz CT molecular complexity index is 493. The van der Waals surface area contributed by atoms with Crippen LogP contribution in [0.25, 0.3) is 0 Å². The van der Waals surface area contributed by atoms with E-state index in [2.05, 4.69) is 21.0 Å². The molecule has 90 valence electrons. The van der Waals surface area contributed by atoms with Crippen LogP contribution in [-0.4, -0.2) is 14.9 Å². The summed E-state index contributed by atoms with van der Waals surface area (Å²) in [7, 11) is 0. The number of rotatable bonds is 3. The maximum atomic E-state index is 10.4. The lowest BCUT2D eigenvalue weighted by Gasteiger charge is -2.16. The number of aromatic nitrogens is 2. The molecule has 1 atom stereocenters. The molecule has 0 aliphatic heterocycles. The standard InChI is InChI=1S/C13H15BrN2O/c1-9(2)16-12(11(14)8-15-16)13(17)10-6-4-3-5-7-10/h3-9,13,17H,1-2H3. The van der Waals surface area contributed by atoms with E-state index in [0.717, 1.165) is 15.7 Å². The minimum atomic E-state index is -0.657. The predicted octanol–water partition coefficient (Wildman–Crippen LogP) is 3.31. The first-order chi connectivity index (χ1) is 8.11. The molecule has 4 heteroatoms. The molecule has 0 radical (unpaired) electrons. The fraction of sp³-hybridized carbons (Fsp3) is 0.308. The molecule has 0 spiro atoms. The Morgan fingerprint density at radius 2 is 1.88 bits per heavy atom. The minimum absolute atomic E-state index is 0.217. The molecule has 0 aliphatic carbocycles. The van der Waals surface area contributed by atoms with Gasteiger partial charge in [-0.3, -0.25) is 4.68 Å². The molecule has 0 saturated carbocycles. The highest BCUT2D eigenvalue weighted by Crippen LogP contribution is 2.30. The first kappa shape index (κ1) is 12.3. The summed E-state index contributed by atoms with van der Waals surface area (Å²) < 4.78 is 2.67. The Morgan fingerprint density at radius 3 is 2.47 bits per heavy atom. The van der Waals surface area contributed by atoms with Crippen molar-refractivity contribution in [2.45, 2.75) is 26.0 Å². The van der Waals surface area contributed by atoms with E-state index < -0.39 is 6.10 Å². The Kier molecular flexibility index (Phi) is 3.64. The minimum Gasteiger partial charge on any atom is -0.382 e. The average Bonchev–Trinajstić information content (AvgIpc) is 2.71. The Morgan fingerprint density at radius 1 is 1.24 bits per heavy atom. The van der Waals surface area contributed by atoms with Gasteiger partial charge in [0.15, 0.2) is 0 Å². The summed E-state index contributed by atoms with van der Waals surface area (Å²) in [5.74, 6) is 0. The molecular weight excluding hydrogens is 280 g/mol. The summed E-state index contributed by atoms with van der Waals surface area (Å²) in [4.78, 5) is 0. The summed E-state index contributed by atoms with van der Waals surface area (Å²) in [5, 5.41) is 14.7. The second kappa shape index (κ2) is 5.02. The zero-order valence-corrected chi connectivity index (χ0v) is 11.4. The summed E-state index contributed by atoms with van der Waals surface area (Å²) in [6.45, 7) is 4.08. The van der Waals surface area contributed by atoms with E-state index in [1.807, 2.05) is 48.9 Å². The fourth-order valence-electron chi connectivity index (χ4n) is 1.81. The van der Waals surface area contributed by atoms with Crippen molar-refractivity contribution in [3.05, 3.63) is 52.3 Å². The highest BCUT2D eigenvalue weighted by molar-refractivity contribution is 9.10. The molecule has 0 saturated heterocycles. The van der Waals surface area contributed by atoms with Crippen LogP contribution in [0.1, 0.15) is 37.3 Å². The van der Waals surface area contributed by atoms with Gasteiger partial charge >= 0.3 is 0 Å². The van der Waals surface area contributed by atoms with Crippen LogP contribution in [0.3, 0.4) is 0 Å². The van der Waals surface area contributed by atoms with Gasteiger partial charge in [-0.05, 0) is 35.3 Å². The smallest absolute Gasteiger partial charge is 0.122 e. The van der Waals surface area contributed by atoms with Crippen LogP contribution in [0.2, 0.25) is 0 Å². The predicted molar refractivity (Wildman–Crippen MR) is 70.8 cm³/mol. The van der Waals surface area contributed by atoms with Crippen LogP contribution < -0.4 is 0 Å². The maximum absolute atomic E-state index is 10.4. The van der Waals surface area contributed by atoms with Crippen LogP contribution in [0.15, 0.2) is 41.0 Å². The number of hydrogen-bond donors (Lipinski definition) is 1. The van der Waals surface area contributed by atoms with E-state index >= 15 is 0 Å². The molecule has 1 aromatic heterocycles. The van der Waals surface area contributed by atoms with Gasteiger partial charge in [-0.1, -0.05) is 30.3 Å². The first-order valence-corrected chi connectivity index (χ1v) is 6.36. The summed E-state index contributed by atoms with van der Waals surface area (Å²) in [6.07, 6.45) is 1.07. The van der Waals surface area contributed by atoms with Crippen LogP contribution in [0, 0.1) is 0 Å². The molecular formula is C13H15BrN2O. The van der Waals surface area contributed by atoms with Crippen molar-refractivity contribution in [1.29, 1.82) is 0 Å². The van der Waals surface area contributed by atoms with Gasteiger partial charge in [0.2, 0.25) is 0 Å². The van der Waals surface area contributed by atoms with Crippen LogP contribution in [-0.2, 0) is 0 Å². The van der Waals surface area contributed by atoms with Gasteiger partial charge in [0.1, 0.15) is 6.10 Å². The Balaban J connectivity index is 2.43. The number of hydrogen-bond acceptors (Lipinski definition) is 2. The highest BCUT2D eigenvalue weighted by atomic mass is 79.9. The van der Waals surface area contributed by atoms with Gasteiger partial charge in [-0.15, -0.1) is 0 Å². The van der Waals surface area contributed by atoms with E-state index in [0.29, 0.717) is 0 Å². The molecule has 1 aromatic carbocycles. The lowest BCUT2D eigenvalue weighted by Crippen LogP contribution is -2.12. The van der Waals surface area contributed by atoms with Crippen LogP contribution in [0.4, 0.5) is 0 Å². The van der Waals surface area contributed by atoms with Gasteiger partial charge < -0.3 is 5.11 Å². The molecule has 2 rings (SSSR count). The van der Waals surface area contributed by atoms with E-state index in [1.54, 1.807) is 6.20 Å². The van der Waals surface area contributed by atoms with Gasteiger partial charge in [0.05, 0.1) is 16.4 Å². The van der Waals surface area contributed by atoms with E-state index in [9.17, 15) is 5.11 Å². The Hall–Kier alpha value is -1.13. The zero-order valence-electron chi connectivity index (χ0n) is 9.84. The highest BCUT2D eigenvalue weighted by Gasteiger charge is 2.20. The lowest BCUT2D eigenvalue weighted by molar-refractivity contribution is 0.204. The normalized spacial score (nSPS) is 13.0. The molecule has 1 unspecified atom stereocenters. The molecule has 0 aliphatic rings. The van der Waals surface area contributed by atoms with Gasteiger partial charge in [0, 0.05) is 6.04 Å². The molecule has 2 aromatic rings. The molecule has 0 fully saturated rings. The average molecular weight is 295 g/mol. The summed E-state index contributed by atoms with van der Waals surface area (Å²) >= 11 is 3.44. The molecule has 0 bridgehead atoms. The maximum Gasteiger partial charge on any atom is 0.122 e. The SMILES string of the molecule is CC(C)n1ncc(Br)c1C(O)c1ccccc1. The van der Waals surface area contributed by atoms with Crippen molar-refractivity contribution in [3.8, 4) is 0 Å². The van der Waals surface area contributed by atoms with Crippen molar-refractivity contribution in [2.75, 3.05) is 0 Å². The monoisotopic (exact) mass is 294 g/mol. The quantitative estimate of drug-likeness (QED) is 0.943. The van der Waals surface area contributed by atoms with Crippen LogP contribution in [0.5, 0.6) is 0 Å². The van der Waals surface area contributed by atoms with Crippen molar-refractivity contribution >= 4 is 15.9 Å². The molecule has 3 nitrogen and oxygen atoms in total. The molecule has 0 amide bonds.